The zero-order valence-electron chi connectivity index (χ0n) is 15.3. The van der Waals surface area contributed by atoms with Gasteiger partial charge in [0.05, 0.1) is 17.9 Å². The number of fused-ring (bicyclic) bond motifs is 2. The van der Waals surface area contributed by atoms with Crippen molar-refractivity contribution >= 4 is 28.7 Å². The van der Waals surface area contributed by atoms with E-state index in [1.54, 1.807) is 15.4 Å². The Labute approximate surface area is 160 Å². The van der Waals surface area contributed by atoms with Gasteiger partial charge in [0.25, 0.3) is 5.56 Å². The fourth-order valence-electron chi connectivity index (χ4n) is 3.31. The van der Waals surface area contributed by atoms with Gasteiger partial charge in [-0.1, -0.05) is 36.9 Å². The van der Waals surface area contributed by atoms with E-state index >= 15 is 0 Å². The van der Waals surface area contributed by atoms with Gasteiger partial charge >= 0.3 is 0 Å². The average molecular weight is 383 g/mol. The number of nitrogens with one attached hydrogen (secondary N) is 1. The minimum absolute atomic E-state index is 0.0297. The van der Waals surface area contributed by atoms with Gasteiger partial charge < -0.3 is 5.32 Å². The molecule has 27 heavy (non-hydrogen) atoms. The number of thioether (sulfide) groups is 1. The van der Waals surface area contributed by atoms with Gasteiger partial charge in [-0.25, -0.2) is 9.67 Å². The number of benzene rings is 1. The van der Waals surface area contributed by atoms with Crippen LogP contribution in [0.15, 0.2) is 40.4 Å². The molecule has 3 aromatic rings. The highest BCUT2D eigenvalue weighted by atomic mass is 32.2. The van der Waals surface area contributed by atoms with Crippen LogP contribution in [0.1, 0.15) is 31.4 Å². The van der Waals surface area contributed by atoms with Gasteiger partial charge in [-0.2, -0.15) is 5.10 Å². The summed E-state index contributed by atoms with van der Waals surface area (Å²) in [6.07, 6.45) is 2.75. The molecule has 1 N–H and O–H groups in total. The Morgan fingerprint density at radius 2 is 2.19 bits per heavy atom. The lowest BCUT2D eigenvalue weighted by atomic mass is 10.2. The Balaban J connectivity index is 1.74. The van der Waals surface area contributed by atoms with Gasteiger partial charge in [-0.3, -0.25) is 14.2 Å². The second-order valence-electron chi connectivity index (χ2n) is 6.67. The van der Waals surface area contributed by atoms with E-state index < -0.39 is 0 Å². The van der Waals surface area contributed by atoms with Crippen LogP contribution < -0.4 is 10.9 Å². The molecule has 0 saturated heterocycles. The maximum atomic E-state index is 13.1. The largest absolute Gasteiger partial charge is 0.356 e. The minimum Gasteiger partial charge on any atom is -0.356 e. The van der Waals surface area contributed by atoms with E-state index in [0.717, 1.165) is 17.7 Å². The molecule has 140 valence electrons. The Bertz CT molecular complexity index is 1070. The monoisotopic (exact) mass is 383 g/mol. The fraction of sp³-hybridized carbons (Fsp3) is 0.368. The number of carbonyl (C=O) groups excluding carboxylic acids is 1. The van der Waals surface area contributed by atoms with Gasteiger partial charge in [0, 0.05) is 18.7 Å². The molecule has 3 heterocycles. The highest BCUT2D eigenvalue weighted by molar-refractivity contribution is 7.99. The van der Waals surface area contributed by atoms with E-state index in [2.05, 4.69) is 10.4 Å². The third-order valence-corrected chi connectivity index (χ3v) is 5.81. The summed E-state index contributed by atoms with van der Waals surface area (Å²) >= 11 is 1.51. The zero-order chi connectivity index (χ0) is 19.0. The molecule has 8 heteroatoms. The van der Waals surface area contributed by atoms with Gasteiger partial charge in [-0.15, -0.1) is 0 Å². The van der Waals surface area contributed by atoms with Gasteiger partial charge in [0.1, 0.15) is 5.39 Å². The van der Waals surface area contributed by atoms with Gasteiger partial charge in [-0.05, 0) is 25.0 Å². The molecule has 1 aliphatic rings. The number of hydrogen-bond acceptors (Lipinski definition) is 5. The van der Waals surface area contributed by atoms with Crippen molar-refractivity contribution in [2.24, 2.45) is 0 Å². The molecule has 0 fully saturated rings. The molecule has 0 saturated carbocycles. The molecule has 2 aromatic heterocycles. The number of carbonyl (C=O) groups is 1. The van der Waals surface area contributed by atoms with Crippen molar-refractivity contribution in [3.8, 4) is 5.69 Å². The highest BCUT2D eigenvalue weighted by Crippen LogP contribution is 2.33. The van der Waals surface area contributed by atoms with E-state index in [1.165, 1.54) is 11.8 Å². The number of nitrogens with zero attached hydrogens (tertiary/aromatic N) is 4. The summed E-state index contributed by atoms with van der Waals surface area (Å²) in [4.78, 5) is 29.9. The summed E-state index contributed by atoms with van der Waals surface area (Å²) in [7, 11) is 0. The molecule has 0 aliphatic carbocycles. The highest BCUT2D eigenvalue weighted by Gasteiger charge is 2.29. The molecule has 1 atom stereocenters. The smallest absolute Gasteiger partial charge is 0.265 e. The van der Waals surface area contributed by atoms with Crippen LogP contribution in [0.5, 0.6) is 0 Å². The molecular formula is C19H21N5O2S. The number of aryl methyl sites for hydroxylation is 1. The molecule has 1 amide bonds. The van der Waals surface area contributed by atoms with Crippen molar-refractivity contribution in [3.05, 3.63) is 46.4 Å². The Morgan fingerprint density at radius 3 is 2.96 bits per heavy atom. The predicted octanol–water partition coefficient (Wildman–Crippen LogP) is 2.45. The van der Waals surface area contributed by atoms with Crippen LogP contribution in [0, 0.1) is 6.92 Å². The van der Waals surface area contributed by atoms with Crippen molar-refractivity contribution in [3.63, 3.8) is 0 Å². The molecule has 1 unspecified atom stereocenters. The SMILES string of the molecule is CCCNC(=O)CC1CSc2nc3c(cnn3-c3ccccc3C)c(=O)n21. The van der Waals surface area contributed by atoms with E-state index in [1.807, 2.05) is 38.1 Å². The standard InChI is InChI=1S/C19H21N5O2S/c1-3-8-20-16(25)9-13-11-27-19-22-17-14(18(26)23(13)19)10-21-24(17)15-7-5-4-6-12(15)2/h4-7,10,13H,3,8-9,11H2,1-2H3,(H,20,25). The number of amides is 1. The second kappa shape index (κ2) is 7.19. The first-order valence-electron chi connectivity index (χ1n) is 9.06. The normalized spacial score (nSPS) is 15.9. The first-order valence-corrected chi connectivity index (χ1v) is 10.0. The van der Waals surface area contributed by atoms with Crippen LogP contribution in [0.3, 0.4) is 0 Å². The lowest BCUT2D eigenvalue weighted by Gasteiger charge is -2.13. The maximum absolute atomic E-state index is 13.1. The molecule has 4 rings (SSSR count). The quantitative estimate of drug-likeness (QED) is 0.685. The van der Waals surface area contributed by atoms with Gasteiger partial charge in [0.2, 0.25) is 5.91 Å². The van der Waals surface area contributed by atoms with Gasteiger partial charge in [0.15, 0.2) is 10.8 Å². The van der Waals surface area contributed by atoms with Crippen LogP contribution in [-0.2, 0) is 4.79 Å². The molecular weight excluding hydrogens is 362 g/mol. The number of aromatic nitrogens is 4. The minimum atomic E-state index is -0.173. The summed E-state index contributed by atoms with van der Waals surface area (Å²) < 4.78 is 3.37. The van der Waals surface area contributed by atoms with Crippen LogP contribution in [0.25, 0.3) is 16.7 Å². The van der Waals surface area contributed by atoms with Crippen LogP contribution in [0.2, 0.25) is 0 Å². The summed E-state index contributed by atoms with van der Waals surface area (Å²) in [6.45, 7) is 4.67. The van der Waals surface area contributed by atoms with Crippen molar-refractivity contribution in [1.29, 1.82) is 0 Å². The molecule has 1 aromatic carbocycles. The van der Waals surface area contributed by atoms with Crippen LogP contribution in [0.4, 0.5) is 0 Å². The fourth-order valence-corrected chi connectivity index (χ4v) is 4.44. The Hall–Kier alpha value is -2.61. The summed E-state index contributed by atoms with van der Waals surface area (Å²) in [5, 5.41) is 8.41. The molecule has 0 bridgehead atoms. The first-order chi connectivity index (χ1) is 13.1. The number of rotatable bonds is 5. The van der Waals surface area contributed by atoms with Crippen molar-refractivity contribution < 1.29 is 4.79 Å². The first kappa shape index (κ1) is 17.8. The summed E-state index contributed by atoms with van der Waals surface area (Å²) in [5.41, 5.74) is 2.39. The van der Waals surface area contributed by atoms with Crippen LogP contribution >= 0.6 is 11.8 Å². The third kappa shape index (κ3) is 3.14. The Morgan fingerprint density at radius 1 is 1.37 bits per heavy atom. The maximum Gasteiger partial charge on any atom is 0.265 e. The zero-order valence-corrected chi connectivity index (χ0v) is 16.1. The number of para-hydroxylation sites is 1. The lowest BCUT2D eigenvalue weighted by molar-refractivity contribution is -0.121. The molecule has 7 nitrogen and oxygen atoms in total. The van der Waals surface area contributed by atoms with Crippen molar-refractivity contribution in [2.75, 3.05) is 12.3 Å². The van der Waals surface area contributed by atoms with Crippen LogP contribution in [-0.4, -0.2) is 37.5 Å². The van der Waals surface area contributed by atoms with E-state index in [9.17, 15) is 9.59 Å². The molecule has 1 aliphatic heterocycles. The van der Waals surface area contributed by atoms with E-state index in [4.69, 9.17) is 4.98 Å². The Kier molecular flexibility index (Phi) is 4.73. The average Bonchev–Trinajstić information content (AvgIpc) is 3.26. The van der Waals surface area contributed by atoms with Crippen molar-refractivity contribution in [2.45, 2.75) is 37.9 Å². The van der Waals surface area contributed by atoms with E-state index in [-0.39, 0.29) is 17.5 Å². The van der Waals surface area contributed by atoms with Crippen molar-refractivity contribution in [1.82, 2.24) is 24.6 Å². The number of hydrogen-bond donors (Lipinski definition) is 1. The molecule has 0 spiro atoms. The third-order valence-electron chi connectivity index (χ3n) is 4.71. The summed E-state index contributed by atoms with van der Waals surface area (Å²) in [6, 6.07) is 7.70. The summed E-state index contributed by atoms with van der Waals surface area (Å²) in [5.74, 6) is 0.643. The second-order valence-corrected chi connectivity index (χ2v) is 7.66. The van der Waals surface area contributed by atoms with E-state index in [0.29, 0.717) is 34.9 Å². The predicted molar refractivity (Wildman–Crippen MR) is 106 cm³/mol. The lowest BCUT2D eigenvalue weighted by Crippen LogP contribution is -2.31. The molecule has 0 radical (unpaired) electrons. The topological polar surface area (TPSA) is 81.8 Å².